The maximum absolute atomic E-state index is 13.7. The summed E-state index contributed by atoms with van der Waals surface area (Å²) in [5, 5.41) is 4.08. The van der Waals surface area contributed by atoms with Crippen molar-refractivity contribution in [3.63, 3.8) is 0 Å². The molecular weight excluding hydrogens is 453 g/mol. The Bertz CT molecular complexity index is 1160. The average Bonchev–Trinajstić information content (AvgIpc) is 3.43. The predicted octanol–water partition coefficient (Wildman–Crippen LogP) is 4.66. The third-order valence-corrected chi connectivity index (χ3v) is 6.58. The van der Waals surface area contributed by atoms with E-state index in [4.69, 9.17) is 4.74 Å². The number of nitrogens with zero attached hydrogens (tertiary/aromatic N) is 5. The fourth-order valence-corrected chi connectivity index (χ4v) is 4.39. The van der Waals surface area contributed by atoms with Crippen LogP contribution in [0.3, 0.4) is 0 Å². The van der Waals surface area contributed by atoms with Crippen molar-refractivity contribution in [2.75, 3.05) is 50.1 Å². The van der Waals surface area contributed by atoms with Gasteiger partial charge in [0.1, 0.15) is 24.1 Å². The van der Waals surface area contributed by atoms with Gasteiger partial charge in [0.2, 0.25) is 0 Å². The van der Waals surface area contributed by atoms with Gasteiger partial charge in [-0.1, -0.05) is 13.5 Å². The molecule has 0 amide bonds. The van der Waals surface area contributed by atoms with Gasteiger partial charge in [0.05, 0.1) is 0 Å². The highest BCUT2D eigenvalue weighted by Crippen LogP contribution is 2.26. The molecule has 2 N–H and O–H groups in total. The fraction of sp³-hybridized carbons (Fsp3) is 0.375. The zero-order chi connectivity index (χ0) is 24.1. The Balaban J connectivity index is 1.50. The third kappa shape index (κ3) is 6.00. The van der Waals surface area contributed by atoms with E-state index in [0.29, 0.717) is 17.1 Å². The zero-order valence-corrected chi connectivity index (χ0v) is 20.6. The number of rotatable bonds is 9. The summed E-state index contributed by atoms with van der Waals surface area (Å²) in [6.07, 6.45) is 6.39. The topological polar surface area (TPSA) is 82.2 Å². The number of nitrogens with one attached hydrogen (secondary N) is 2. The smallest absolute Gasteiger partial charge is 0.320 e. The Kier molecular flexibility index (Phi) is 7.59. The van der Waals surface area contributed by atoms with Crippen LogP contribution in [0, 0.1) is 6.92 Å². The van der Waals surface area contributed by atoms with Crippen molar-refractivity contribution in [1.82, 2.24) is 24.8 Å². The van der Waals surface area contributed by atoms with Crippen LogP contribution in [0.5, 0.6) is 6.01 Å². The summed E-state index contributed by atoms with van der Waals surface area (Å²) in [6.45, 7) is 11.3. The SMILES string of the molecule is C=C(F)c1cc(C)[nH]c1/C=C\COc1nc(Nc2ncc(CC)s2)cc(N2CCN(C)CC2)n1. The van der Waals surface area contributed by atoms with Crippen LogP contribution in [-0.2, 0) is 6.42 Å². The predicted molar refractivity (Wildman–Crippen MR) is 137 cm³/mol. The summed E-state index contributed by atoms with van der Waals surface area (Å²) in [4.78, 5) is 22.5. The molecule has 180 valence electrons. The monoisotopic (exact) mass is 483 g/mol. The van der Waals surface area contributed by atoms with E-state index in [-0.39, 0.29) is 12.6 Å². The normalized spacial score (nSPS) is 14.6. The fourth-order valence-electron chi connectivity index (χ4n) is 3.63. The lowest BCUT2D eigenvalue weighted by molar-refractivity contribution is 0.309. The molecule has 0 aromatic carbocycles. The number of piperazine rings is 1. The van der Waals surface area contributed by atoms with Gasteiger partial charge in [0, 0.05) is 60.3 Å². The molecule has 0 unspecified atom stereocenters. The molecule has 0 aliphatic carbocycles. The van der Waals surface area contributed by atoms with Gasteiger partial charge in [0.15, 0.2) is 5.13 Å². The minimum Gasteiger partial charge on any atom is -0.459 e. The van der Waals surface area contributed by atoms with E-state index in [0.717, 1.165) is 49.2 Å². The summed E-state index contributed by atoms with van der Waals surface area (Å²) in [5.74, 6) is 0.973. The number of halogens is 1. The second-order valence-electron chi connectivity index (χ2n) is 8.19. The lowest BCUT2D eigenvalue weighted by Crippen LogP contribution is -2.44. The van der Waals surface area contributed by atoms with E-state index in [2.05, 4.69) is 55.6 Å². The largest absolute Gasteiger partial charge is 0.459 e. The highest BCUT2D eigenvalue weighted by atomic mass is 32.1. The molecule has 0 bridgehead atoms. The van der Waals surface area contributed by atoms with Crippen molar-refractivity contribution in [2.24, 2.45) is 0 Å². The first-order valence-electron chi connectivity index (χ1n) is 11.3. The maximum atomic E-state index is 13.7. The number of hydrogen-bond donors (Lipinski definition) is 2. The van der Waals surface area contributed by atoms with Crippen LogP contribution in [0.15, 0.2) is 31.0 Å². The van der Waals surface area contributed by atoms with Gasteiger partial charge in [-0.05, 0) is 38.6 Å². The van der Waals surface area contributed by atoms with Gasteiger partial charge >= 0.3 is 6.01 Å². The molecule has 8 nitrogen and oxygen atoms in total. The molecule has 3 aromatic heterocycles. The third-order valence-electron chi connectivity index (χ3n) is 5.52. The maximum Gasteiger partial charge on any atom is 0.320 e. The zero-order valence-electron chi connectivity index (χ0n) is 19.8. The molecule has 0 spiro atoms. The summed E-state index contributed by atoms with van der Waals surface area (Å²) in [5.41, 5.74) is 1.96. The lowest BCUT2D eigenvalue weighted by atomic mass is 10.2. The number of ether oxygens (including phenoxy) is 1. The highest BCUT2D eigenvalue weighted by Gasteiger charge is 2.18. The number of likely N-dealkylation sites (N-methyl/N-ethyl adjacent to an activating group) is 1. The van der Waals surface area contributed by atoms with Gasteiger partial charge < -0.3 is 24.8 Å². The molecule has 3 aromatic rings. The Hall–Kier alpha value is -3.24. The number of aryl methyl sites for hydroxylation is 2. The molecule has 4 heterocycles. The molecule has 1 aliphatic rings. The average molecular weight is 484 g/mol. The van der Waals surface area contributed by atoms with Crippen LogP contribution in [0.25, 0.3) is 11.9 Å². The van der Waals surface area contributed by atoms with Crippen molar-refractivity contribution in [3.8, 4) is 6.01 Å². The molecule has 1 aliphatic heterocycles. The van der Waals surface area contributed by atoms with Gasteiger partial charge in [-0.15, -0.1) is 11.3 Å². The minimum atomic E-state index is -0.475. The van der Waals surface area contributed by atoms with Crippen LogP contribution in [0.2, 0.25) is 0 Å². The number of anilines is 3. The van der Waals surface area contributed by atoms with Gasteiger partial charge in [-0.3, -0.25) is 0 Å². The van der Waals surface area contributed by atoms with E-state index in [1.807, 2.05) is 19.2 Å². The van der Waals surface area contributed by atoms with Crippen molar-refractivity contribution in [2.45, 2.75) is 20.3 Å². The number of thiazole rings is 1. The van der Waals surface area contributed by atoms with E-state index in [1.54, 1.807) is 29.6 Å². The Morgan fingerprint density at radius 3 is 2.79 bits per heavy atom. The first-order chi connectivity index (χ1) is 16.4. The minimum absolute atomic E-state index is 0.235. The Morgan fingerprint density at radius 2 is 2.09 bits per heavy atom. The molecular formula is C24H30FN7OS. The molecule has 1 fully saturated rings. The standard InChI is InChI=1S/C24H30FN7OS/c1-5-18-15-26-24(34-18)29-21-14-22(32-10-8-31(4)9-11-32)30-23(28-21)33-12-6-7-20-19(17(3)25)13-16(2)27-20/h6-7,13-15,27H,3,5,8-12H2,1-2,4H3,(H,26,28,29,30)/b7-6-. The van der Waals surface area contributed by atoms with E-state index < -0.39 is 5.83 Å². The second kappa shape index (κ2) is 10.8. The Morgan fingerprint density at radius 1 is 1.29 bits per heavy atom. The molecule has 34 heavy (non-hydrogen) atoms. The van der Waals surface area contributed by atoms with Gasteiger partial charge in [0.25, 0.3) is 0 Å². The van der Waals surface area contributed by atoms with Crippen molar-refractivity contribution in [1.29, 1.82) is 0 Å². The van der Waals surface area contributed by atoms with Gasteiger partial charge in [-0.2, -0.15) is 9.97 Å². The van der Waals surface area contributed by atoms with Crippen LogP contribution in [0.1, 0.15) is 28.8 Å². The Labute approximate surface area is 203 Å². The number of H-pyrrole nitrogens is 1. The lowest BCUT2D eigenvalue weighted by Gasteiger charge is -2.33. The number of aromatic amines is 1. The second-order valence-corrected chi connectivity index (χ2v) is 9.31. The summed E-state index contributed by atoms with van der Waals surface area (Å²) in [7, 11) is 2.12. The molecule has 0 saturated carbocycles. The van der Waals surface area contributed by atoms with Crippen molar-refractivity contribution in [3.05, 3.63) is 52.8 Å². The molecule has 0 atom stereocenters. The number of aromatic nitrogens is 4. The van der Waals surface area contributed by atoms with Crippen LogP contribution < -0.4 is 15.0 Å². The molecule has 4 rings (SSSR count). The quantitative estimate of drug-likeness (QED) is 0.458. The molecule has 10 heteroatoms. The van der Waals surface area contributed by atoms with E-state index in [9.17, 15) is 4.39 Å². The first-order valence-corrected chi connectivity index (χ1v) is 12.1. The van der Waals surface area contributed by atoms with Crippen LogP contribution >= 0.6 is 11.3 Å². The van der Waals surface area contributed by atoms with Crippen molar-refractivity contribution < 1.29 is 9.13 Å². The van der Waals surface area contributed by atoms with E-state index >= 15 is 0 Å². The summed E-state index contributed by atoms with van der Waals surface area (Å²) < 4.78 is 19.5. The summed E-state index contributed by atoms with van der Waals surface area (Å²) in [6, 6.07) is 3.93. The number of hydrogen-bond acceptors (Lipinski definition) is 8. The van der Waals surface area contributed by atoms with Gasteiger partial charge in [-0.25, -0.2) is 9.37 Å². The van der Waals surface area contributed by atoms with Crippen molar-refractivity contribution >= 4 is 40.0 Å². The van der Waals surface area contributed by atoms with Crippen LogP contribution in [0.4, 0.5) is 21.2 Å². The highest BCUT2D eigenvalue weighted by molar-refractivity contribution is 7.15. The summed E-state index contributed by atoms with van der Waals surface area (Å²) >= 11 is 1.60. The van der Waals surface area contributed by atoms with Crippen LogP contribution in [-0.4, -0.2) is 64.7 Å². The molecule has 0 radical (unpaired) electrons. The van der Waals surface area contributed by atoms with E-state index in [1.165, 1.54) is 4.88 Å². The first kappa shape index (κ1) is 23.9. The molecule has 1 saturated heterocycles.